The largest absolute Gasteiger partial charge is 0.490 e. The van der Waals surface area contributed by atoms with E-state index in [9.17, 15) is 14.7 Å². The van der Waals surface area contributed by atoms with Crippen molar-refractivity contribution in [1.82, 2.24) is 10.2 Å². The molecule has 34 heavy (non-hydrogen) atoms. The highest BCUT2D eigenvalue weighted by atomic mass is 16.5. The number of benzene rings is 1. The summed E-state index contributed by atoms with van der Waals surface area (Å²) in [7, 11) is 0. The second-order valence-corrected chi connectivity index (χ2v) is 8.81. The van der Waals surface area contributed by atoms with E-state index in [0.29, 0.717) is 44.0 Å². The second kappa shape index (κ2) is 9.65. The van der Waals surface area contributed by atoms with Gasteiger partial charge < -0.3 is 36.5 Å². The van der Waals surface area contributed by atoms with E-state index in [0.717, 1.165) is 17.5 Å². The molecule has 1 saturated heterocycles. The van der Waals surface area contributed by atoms with Crippen LogP contribution in [0.25, 0.3) is 0 Å². The Morgan fingerprint density at radius 2 is 2.12 bits per heavy atom. The van der Waals surface area contributed by atoms with Crippen LogP contribution in [0.3, 0.4) is 0 Å². The second-order valence-electron chi connectivity index (χ2n) is 8.81. The lowest BCUT2D eigenvalue weighted by Crippen LogP contribution is -2.49. The fourth-order valence-corrected chi connectivity index (χ4v) is 4.21. The Labute approximate surface area is 197 Å². The van der Waals surface area contributed by atoms with Gasteiger partial charge in [-0.1, -0.05) is 0 Å². The first-order chi connectivity index (χ1) is 16.3. The molecule has 0 aromatic heterocycles. The Morgan fingerprint density at radius 1 is 1.35 bits per heavy atom. The molecule has 0 saturated carbocycles. The van der Waals surface area contributed by atoms with Gasteiger partial charge in [0, 0.05) is 57.3 Å². The zero-order chi connectivity index (χ0) is 24.3. The fraction of sp³-hybridized carbons (Fsp3) is 0.391. The number of nitrogens with one attached hydrogen (secondary N) is 3. The number of carbonyl (C=O) groups is 2. The maximum Gasteiger partial charge on any atom is 0.261 e. The van der Waals surface area contributed by atoms with Crippen LogP contribution in [-0.4, -0.2) is 79.2 Å². The van der Waals surface area contributed by atoms with Gasteiger partial charge in [0.1, 0.15) is 18.2 Å². The van der Waals surface area contributed by atoms with Gasteiger partial charge in [-0.15, -0.1) is 0 Å². The summed E-state index contributed by atoms with van der Waals surface area (Å²) in [6.07, 6.45) is 6.20. The van der Waals surface area contributed by atoms with E-state index < -0.39 is 11.5 Å². The summed E-state index contributed by atoms with van der Waals surface area (Å²) in [6.45, 7) is 4.63. The van der Waals surface area contributed by atoms with E-state index in [4.69, 9.17) is 15.9 Å². The van der Waals surface area contributed by atoms with Crippen molar-refractivity contribution in [1.29, 1.82) is 5.41 Å². The van der Waals surface area contributed by atoms with Crippen molar-refractivity contribution in [3.05, 3.63) is 41.4 Å². The number of aliphatic imine (C=N–C) groups is 1. The molecule has 0 bridgehead atoms. The van der Waals surface area contributed by atoms with Crippen molar-refractivity contribution in [2.24, 2.45) is 10.7 Å². The molecule has 11 nitrogen and oxygen atoms in total. The molecule has 0 unspecified atom stereocenters. The van der Waals surface area contributed by atoms with Gasteiger partial charge in [0.05, 0.1) is 29.1 Å². The highest BCUT2D eigenvalue weighted by Crippen LogP contribution is 2.39. The first-order valence-electron chi connectivity index (χ1n) is 11.1. The number of hydrogen-bond donors (Lipinski definition) is 5. The molecule has 4 rings (SSSR count). The summed E-state index contributed by atoms with van der Waals surface area (Å²) >= 11 is 0. The van der Waals surface area contributed by atoms with Crippen LogP contribution in [0.4, 0.5) is 11.4 Å². The molecule has 1 aromatic rings. The third kappa shape index (κ3) is 5.26. The number of hydrogen-bond acceptors (Lipinski definition) is 9. The SMILES string of the molecule is C[C@@]1(O)COc2cc(N3CCN(CC(N)=O)CC3)c(NC(=O)/C(C=N)=C3\N=CC=CN3)cc2C1. The summed E-state index contributed by atoms with van der Waals surface area (Å²) in [5, 5.41) is 24.0. The quantitative estimate of drug-likeness (QED) is 0.290. The van der Waals surface area contributed by atoms with E-state index in [1.807, 2.05) is 17.0 Å². The minimum Gasteiger partial charge on any atom is -0.490 e. The molecule has 11 heteroatoms. The van der Waals surface area contributed by atoms with E-state index in [-0.39, 0.29) is 30.5 Å². The highest BCUT2D eigenvalue weighted by Gasteiger charge is 2.31. The van der Waals surface area contributed by atoms with Gasteiger partial charge in [0.15, 0.2) is 0 Å². The van der Waals surface area contributed by atoms with Gasteiger partial charge in [0.2, 0.25) is 5.91 Å². The van der Waals surface area contributed by atoms with Crippen molar-refractivity contribution in [2.75, 3.05) is 49.5 Å². The standard InChI is InChI=1S/C23H29N7O4/c1-23(33)11-15-9-17(28-22(32)16(12-24)21-26-3-2-4-27-21)18(10-19(15)34-14-23)30-7-5-29(6-8-30)13-20(25)31/h2-4,9-10,12,24,26,33H,5-8,11,13-14H2,1H3,(H2,25,31)(H,28,32)/b21-16-,24-12?/t23-/m0/s1. The normalized spacial score (nSPS) is 23.4. The lowest BCUT2D eigenvalue weighted by Gasteiger charge is -2.37. The first kappa shape index (κ1) is 23.5. The summed E-state index contributed by atoms with van der Waals surface area (Å²) in [4.78, 5) is 32.6. The molecule has 2 amide bonds. The predicted octanol–water partition coefficient (Wildman–Crippen LogP) is -0.0328. The number of piperazine rings is 1. The molecule has 180 valence electrons. The lowest BCUT2D eigenvalue weighted by molar-refractivity contribution is -0.119. The van der Waals surface area contributed by atoms with Crippen molar-refractivity contribution >= 4 is 35.6 Å². The molecular formula is C23H29N7O4. The van der Waals surface area contributed by atoms with Crippen molar-refractivity contribution in [3.63, 3.8) is 0 Å². The van der Waals surface area contributed by atoms with Gasteiger partial charge in [-0.3, -0.25) is 14.5 Å². The fourth-order valence-electron chi connectivity index (χ4n) is 4.21. The number of nitrogens with zero attached hydrogens (tertiary/aromatic N) is 3. The Hall–Kier alpha value is -3.70. The van der Waals surface area contributed by atoms with Gasteiger partial charge in [-0.2, -0.15) is 0 Å². The summed E-state index contributed by atoms with van der Waals surface area (Å²) in [5.74, 6) is 0.0907. The Morgan fingerprint density at radius 3 is 2.76 bits per heavy atom. The number of rotatable bonds is 6. The molecule has 3 aliphatic heterocycles. The number of nitrogens with two attached hydrogens (primary N) is 1. The average molecular weight is 468 g/mol. The smallest absolute Gasteiger partial charge is 0.261 e. The van der Waals surface area contributed by atoms with Crippen LogP contribution in [0, 0.1) is 5.41 Å². The van der Waals surface area contributed by atoms with E-state index in [1.165, 1.54) is 6.21 Å². The summed E-state index contributed by atoms with van der Waals surface area (Å²) < 4.78 is 5.82. The van der Waals surface area contributed by atoms with Crippen molar-refractivity contribution < 1.29 is 19.4 Å². The Kier molecular flexibility index (Phi) is 6.66. The first-order valence-corrected chi connectivity index (χ1v) is 11.1. The number of primary amides is 1. The van der Waals surface area contributed by atoms with Crippen LogP contribution >= 0.6 is 0 Å². The van der Waals surface area contributed by atoms with Crippen LogP contribution < -0.4 is 26.0 Å². The van der Waals surface area contributed by atoms with Gasteiger partial charge >= 0.3 is 0 Å². The third-order valence-corrected chi connectivity index (χ3v) is 5.88. The zero-order valence-corrected chi connectivity index (χ0v) is 19.0. The molecule has 1 fully saturated rings. The number of ether oxygens (including phenoxy) is 1. The van der Waals surface area contributed by atoms with Crippen molar-refractivity contribution in [2.45, 2.75) is 18.9 Å². The van der Waals surface area contributed by atoms with Crippen LogP contribution in [-0.2, 0) is 16.0 Å². The molecule has 3 heterocycles. The van der Waals surface area contributed by atoms with Crippen LogP contribution in [0.5, 0.6) is 5.75 Å². The molecule has 1 aromatic carbocycles. The molecule has 1 atom stereocenters. The number of allylic oxidation sites excluding steroid dienone is 1. The minimum absolute atomic E-state index is 0.0822. The van der Waals surface area contributed by atoms with Crippen LogP contribution in [0.2, 0.25) is 0 Å². The Bertz CT molecular complexity index is 1090. The van der Waals surface area contributed by atoms with Gasteiger partial charge in [0.25, 0.3) is 5.91 Å². The number of fused-ring (bicyclic) bond motifs is 1. The third-order valence-electron chi connectivity index (χ3n) is 5.88. The van der Waals surface area contributed by atoms with Crippen molar-refractivity contribution in [3.8, 4) is 5.75 Å². The maximum atomic E-state index is 13.1. The van der Waals surface area contributed by atoms with Gasteiger partial charge in [-0.25, -0.2) is 4.99 Å². The maximum absolute atomic E-state index is 13.1. The number of aliphatic hydroxyl groups is 1. The highest BCUT2D eigenvalue weighted by molar-refractivity contribution is 6.18. The monoisotopic (exact) mass is 467 g/mol. The minimum atomic E-state index is -1.01. The van der Waals surface area contributed by atoms with Crippen LogP contribution in [0.1, 0.15) is 12.5 Å². The summed E-state index contributed by atoms with van der Waals surface area (Å²) in [6, 6.07) is 3.69. The number of carbonyl (C=O) groups excluding carboxylic acids is 2. The predicted molar refractivity (Wildman–Crippen MR) is 129 cm³/mol. The molecular weight excluding hydrogens is 438 g/mol. The molecule has 0 aliphatic carbocycles. The number of amides is 2. The summed E-state index contributed by atoms with van der Waals surface area (Å²) in [5.41, 5.74) is 6.49. The average Bonchev–Trinajstić information content (AvgIpc) is 2.79. The lowest BCUT2D eigenvalue weighted by atomic mass is 9.93. The van der Waals surface area contributed by atoms with E-state index in [2.05, 4.69) is 20.5 Å². The van der Waals surface area contributed by atoms with Gasteiger partial charge in [-0.05, 0) is 24.6 Å². The molecule has 0 spiro atoms. The topological polar surface area (TPSA) is 156 Å². The zero-order valence-electron chi connectivity index (χ0n) is 19.0. The van der Waals surface area contributed by atoms with E-state index in [1.54, 1.807) is 19.2 Å². The van der Waals surface area contributed by atoms with E-state index >= 15 is 0 Å². The molecule has 3 aliphatic rings. The molecule has 0 radical (unpaired) electrons. The Balaban J connectivity index is 1.64. The molecule has 6 N–H and O–H groups in total. The number of anilines is 2. The van der Waals surface area contributed by atoms with Crippen LogP contribution in [0.15, 0.2) is 40.8 Å².